The topological polar surface area (TPSA) is 41.6 Å². The molecule has 1 N–H and O–H groups in total. The minimum absolute atomic E-state index is 0.0539. The summed E-state index contributed by atoms with van der Waals surface area (Å²) in [4.78, 5) is 14.1. The van der Waals surface area contributed by atoms with Gasteiger partial charge in [-0.2, -0.15) is 0 Å². The van der Waals surface area contributed by atoms with Gasteiger partial charge in [0.25, 0.3) is 0 Å². The van der Waals surface area contributed by atoms with Gasteiger partial charge >= 0.3 is 0 Å². The van der Waals surface area contributed by atoms with Crippen molar-refractivity contribution >= 4 is 5.91 Å². The van der Waals surface area contributed by atoms with E-state index in [0.29, 0.717) is 5.92 Å². The van der Waals surface area contributed by atoms with Crippen LogP contribution in [0.1, 0.15) is 32.1 Å². The number of nitrogens with zero attached hydrogens (tertiary/aromatic N) is 1. The van der Waals surface area contributed by atoms with Crippen LogP contribution in [0.5, 0.6) is 0 Å². The standard InChI is InChI=1S/C13H24N2O2/c1-15(9-11-5-4-8-17-10-11)13(16)12-6-2-3-7-14-12/h11-12,14H,2-10H2,1H3/t11?,12-/m0/s1. The van der Waals surface area contributed by atoms with Crippen molar-refractivity contribution in [1.82, 2.24) is 10.2 Å². The molecule has 0 radical (unpaired) electrons. The number of hydrogen-bond acceptors (Lipinski definition) is 3. The van der Waals surface area contributed by atoms with Gasteiger partial charge in [0.1, 0.15) is 0 Å². The molecular formula is C13H24N2O2. The Labute approximate surface area is 104 Å². The van der Waals surface area contributed by atoms with Crippen LogP contribution in [0.15, 0.2) is 0 Å². The third-order valence-corrected chi connectivity index (χ3v) is 3.77. The fourth-order valence-corrected chi connectivity index (χ4v) is 2.76. The van der Waals surface area contributed by atoms with Crippen LogP contribution in [0.3, 0.4) is 0 Å². The van der Waals surface area contributed by atoms with Crippen molar-refractivity contribution in [2.75, 3.05) is 33.4 Å². The summed E-state index contributed by atoms with van der Waals surface area (Å²) in [6.45, 7) is 3.53. The molecule has 2 aliphatic rings. The van der Waals surface area contributed by atoms with Gasteiger partial charge in [0, 0.05) is 20.2 Å². The van der Waals surface area contributed by atoms with Crippen molar-refractivity contribution in [3.63, 3.8) is 0 Å². The second-order valence-electron chi connectivity index (χ2n) is 5.30. The lowest BCUT2D eigenvalue weighted by molar-refractivity contribution is -0.133. The van der Waals surface area contributed by atoms with Crippen molar-refractivity contribution in [2.24, 2.45) is 5.92 Å². The highest BCUT2D eigenvalue weighted by Gasteiger charge is 2.25. The first-order valence-corrected chi connectivity index (χ1v) is 6.83. The maximum absolute atomic E-state index is 12.2. The predicted octanol–water partition coefficient (Wildman–Crippen LogP) is 1.01. The molecule has 98 valence electrons. The molecule has 2 heterocycles. The Hall–Kier alpha value is -0.610. The Balaban J connectivity index is 1.77. The average molecular weight is 240 g/mol. The molecule has 2 fully saturated rings. The molecule has 0 aromatic rings. The van der Waals surface area contributed by atoms with Crippen LogP contribution in [0, 0.1) is 5.92 Å². The third-order valence-electron chi connectivity index (χ3n) is 3.77. The highest BCUT2D eigenvalue weighted by molar-refractivity contribution is 5.81. The Morgan fingerprint density at radius 3 is 2.88 bits per heavy atom. The molecular weight excluding hydrogens is 216 g/mol. The molecule has 1 unspecified atom stereocenters. The molecule has 0 saturated carbocycles. The van der Waals surface area contributed by atoms with Crippen molar-refractivity contribution in [2.45, 2.75) is 38.1 Å². The second kappa shape index (κ2) is 6.36. The van der Waals surface area contributed by atoms with E-state index in [0.717, 1.165) is 39.1 Å². The number of carbonyl (C=O) groups is 1. The van der Waals surface area contributed by atoms with E-state index in [9.17, 15) is 4.79 Å². The number of ether oxygens (including phenoxy) is 1. The highest BCUT2D eigenvalue weighted by atomic mass is 16.5. The van der Waals surface area contributed by atoms with Crippen LogP contribution in [0.4, 0.5) is 0 Å². The first-order chi connectivity index (χ1) is 8.27. The van der Waals surface area contributed by atoms with Crippen LogP contribution in [0.25, 0.3) is 0 Å². The molecule has 2 aliphatic heterocycles. The SMILES string of the molecule is CN(CC1CCCOC1)C(=O)[C@@H]1CCCCN1. The Morgan fingerprint density at radius 1 is 1.35 bits per heavy atom. The third kappa shape index (κ3) is 3.68. The maximum atomic E-state index is 12.2. The predicted molar refractivity (Wildman–Crippen MR) is 66.8 cm³/mol. The summed E-state index contributed by atoms with van der Waals surface area (Å²) < 4.78 is 5.45. The van der Waals surface area contributed by atoms with Crippen molar-refractivity contribution < 1.29 is 9.53 Å². The lowest BCUT2D eigenvalue weighted by Crippen LogP contribution is -2.48. The first kappa shape index (κ1) is 12.8. The second-order valence-corrected chi connectivity index (χ2v) is 5.30. The molecule has 17 heavy (non-hydrogen) atoms. The Kier molecular flexibility index (Phi) is 4.80. The van der Waals surface area contributed by atoms with Gasteiger partial charge in [0.05, 0.1) is 12.6 Å². The highest BCUT2D eigenvalue weighted by Crippen LogP contribution is 2.16. The lowest BCUT2D eigenvalue weighted by atomic mass is 10.00. The van der Waals surface area contributed by atoms with Crippen LogP contribution in [-0.2, 0) is 9.53 Å². The van der Waals surface area contributed by atoms with E-state index in [2.05, 4.69) is 5.32 Å². The van der Waals surface area contributed by atoms with Crippen molar-refractivity contribution in [3.8, 4) is 0 Å². The number of amides is 1. The van der Waals surface area contributed by atoms with E-state index < -0.39 is 0 Å². The zero-order valence-corrected chi connectivity index (χ0v) is 10.8. The molecule has 0 aromatic heterocycles. The molecule has 1 amide bonds. The Morgan fingerprint density at radius 2 is 2.24 bits per heavy atom. The van der Waals surface area contributed by atoms with E-state index in [-0.39, 0.29) is 11.9 Å². The summed E-state index contributed by atoms with van der Waals surface area (Å²) in [5, 5.41) is 3.31. The summed E-state index contributed by atoms with van der Waals surface area (Å²) in [6.07, 6.45) is 5.68. The van der Waals surface area contributed by atoms with E-state index >= 15 is 0 Å². The zero-order chi connectivity index (χ0) is 12.1. The molecule has 4 nitrogen and oxygen atoms in total. The number of hydrogen-bond donors (Lipinski definition) is 1. The summed E-state index contributed by atoms with van der Waals surface area (Å²) in [7, 11) is 1.92. The van der Waals surface area contributed by atoms with Gasteiger partial charge in [-0.25, -0.2) is 0 Å². The van der Waals surface area contributed by atoms with Gasteiger partial charge in [-0.3, -0.25) is 4.79 Å². The minimum Gasteiger partial charge on any atom is -0.381 e. The van der Waals surface area contributed by atoms with Crippen LogP contribution >= 0.6 is 0 Å². The molecule has 4 heteroatoms. The largest absolute Gasteiger partial charge is 0.381 e. The van der Waals surface area contributed by atoms with Gasteiger partial charge in [-0.1, -0.05) is 6.42 Å². The van der Waals surface area contributed by atoms with Gasteiger partial charge in [0.2, 0.25) is 5.91 Å². The number of rotatable bonds is 3. The lowest BCUT2D eigenvalue weighted by Gasteiger charge is -2.31. The average Bonchev–Trinajstić information content (AvgIpc) is 2.40. The van der Waals surface area contributed by atoms with Crippen LogP contribution in [0.2, 0.25) is 0 Å². The molecule has 0 aromatic carbocycles. The number of likely N-dealkylation sites (N-methyl/N-ethyl adjacent to an activating group) is 1. The van der Waals surface area contributed by atoms with Gasteiger partial charge in [-0.05, 0) is 38.1 Å². The van der Waals surface area contributed by atoms with Gasteiger partial charge < -0.3 is 15.0 Å². The van der Waals surface area contributed by atoms with Crippen molar-refractivity contribution in [3.05, 3.63) is 0 Å². The maximum Gasteiger partial charge on any atom is 0.239 e. The van der Waals surface area contributed by atoms with E-state index in [1.807, 2.05) is 11.9 Å². The Bertz CT molecular complexity index is 246. The zero-order valence-electron chi connectivity index (χ0n) is 10.8. The molecule has 0 spiro atoms. The summed E-state index contributed by atoms with van der Waals surface area (Å²) >= 11 is 0. The first-order valence-electron chi connectivity index (χ1n) is 6.83. The normalized spacial score (nSPS) is 29.9. The van der Waals surface area contributed by atoms with Crippen LogP contribution in [-0.4, -0.2) is 50.2 Å². The van der Waals surface area contributed by atoms with E-state index in [1.54, 1.807) is 0 Å². The fraction of sp³-hybridized carbons (Fsp3) is 0.923. The molecule has 2 atom stereocenters. The smallest absolute Gasteiger partial charge is 0.239 e. The molecule has 2 saturated heterocycles. The number of piperidine rings is 1. The molecule has 0 bridgehead atoms. The molecule has 2 rings (SSSR count). The quantitative estimate of drug-likeness (QED) is 0.800. The van der Waals surface area contributed by atoms with E-state index in [1.165, 1.54) is 19.3 Å². The number of nitrogens with one attached hydrogen (secondary N) is 1. The summed E-state index contributed by atoms with van der Waals surface area (Å²) in [5.74, 6) is 0.788. The van der Waals surface area contributed by atoms with Gasteiger partial charge in [0.15, 0.2) is 0 Å². The fourth-order valence-electron chi connectivity index (χ4n) is 2.76. The van der Waals surface area contributed by atoms with Crippen LogP contribution < -0.4 is 5.32 Å². The monoisotopic (exact) mass is 240 g/mol. The van der Waals surface area contributed by atoms with E-state index in [4.69, 9.17) is 4.74 Å². The summed E-state index contributed by atoms with van der Waals surface area (Å²) in [5.41, 5.74) is 0. The number of carbonyl (C=O) groups excluding carboxylic acids is 1. The summed E-state index contributed by atoms with van der Waals surface area (Å²) in [6, 6.07) is 0.0539. The molecule has 0 aliphatic carbocycles. The van der Waals surface area contributed by atoms with Crippen molar-refractivity contribution in [1.29, 1.82) is 0 Å². The minimum atomic E-state index is 0.0539. The van der Waals surface area contributed by atoms with Gasteiger partial charge in [-0.15, -0.1) is 0 Å².